The first-order chi connectivity index (χ1) is 7.95. The highest BCUT2D eigenvalue weighted by Gasteiger charge is 2.25. The largest absolute Gasteiger partial charge is 0.324 e. The zero-order valence-electron chi connectivity index (χ0n) is 11.6. The molecule has 1 aromatic rings. The van der Waals surface area contributed by atoms with Gasteiger partial charge in [0.25, 0.3) is 0 Å². The highest BCUT2D eigenvalue weighted by Crippen LogP contribution is 2.38. The molecule has 0 fully saturated rings. The van der Waals surface area contributed by atoms with Gasteiger partial charge >= 0.3 is 0 Å². The minimum atomic E-state index is 0.244. The standard InChI is InChI=1S/C16H25N/c1-5-16(3,4)12-7-8-13-11(2)6-9-15(17)14(13)10-12/h7-8,10-11,15H,5-6,9,17H2,1-4H3/t11?,15-/m0/s1. The van der Waals surface area contributed by atoms with Crippen LogP contribution in [-0.2, 0) is 5.41 Å². The first kappa shape index (κ1) is 12.6. The minimum absolute atomic E-state index is 0.244. The topological polar surface area (TPSA) is 26.0 Å². The zero-order chi connectivity index (χ0) is 12.6. The maximum atomic E-state index is 6.26. The molecule has 1 heteroatoms. The SMILES string of the molecule is CCC(C)(C)c1ccc2c(c1)[C@@H](N)CCC2C. The summed E-state index contributed by atoms with van der Waals surface area (Å²) in [5, 5.41) is 0. The Morgan fingerprint density at radius 2 is 1.94 bits per heavy atom. The van der Waals surface area contributed by atoms with Crippen LogP contribution in [0, 0.1) is 0 Å². The van der Waals surface area contributed by atoms with E-state index in [9.17, 15) is 0 Å². The molecule has 0 spiro atoms. The number of fused-ring (bicyclic) bond motifs is 1. The molecule has 1 aliphatic carbocycles. The third-order valence-electron chi connectivity index (χ3n) is 4.59. The lowest BCUT2D eigenvalue weighted by Crippen LogP contribution is -2.22. The Morgan fingerprint density at radius 3 is 2.59 bits per heavy atom. The van der Waals surface area contributed by atoms with Gasteiger partial charge in [-0.2, -0.15) is 0 Å². The van der Waals surface area contributed by atoms with Crippen molar-refractivity contribution in [3.05, 3.63) is 34.9 Å². The molecule has 0 saturated carbocycles. The molecule has 1 nitrogen and oxygen atoms in total. The van der Waals surface area contributed by atoms with E-state index < -0.39 is 0 Å². The average Bonchev–Trinajstić information content (AvgIpc) is 2.33. The van der Waals surface area contributed by atoms with Gasteiger partial charge in [0.15, 0.2) is 0 Å². The van der Waals surface area contributed by atoms with Gasteiger partial charge in [-0.1, -0.05) is 45.9 Å². The quantitative estimate of drug-likeness (QED) is 0.808. The van der Waals surface area contributed by atoms with Crippen molar-refractivity contribution in [3.63, 3.8) is 0 Å². The molecule has 94 valence electrons. The first-order valence-corrected chi connectivity index (χ1v) is 6.85. The van der Waals surface area contributed by atoms with Gasteiger partial charge in [0.05, 0.1) is 0 Å². The van der Waals surface area contributed by atoms with Crippen molar-refractivity contribution in [1.82, 2.24) is 0 Å². The molecule has 1 aliphatic rings. The van der Waals surface area contributed by atoms with E-state index in [0.29, 0.717) is 5.92 Å². The van der Waals surface area contributed by atoms with E-state index >= 15 is 0 Å². The van der Waals surface area contributed by atoms with Crippen LogP contribution in [-0.4, -0.2) is 0 Å². The van der Waals surface area contributed by atoms with Crippen molar-refractivity contribution in [3.8, 4) is 0 Å². The van der Waals surface area contributed by atoms with E-state index in [-0.39, 0.29) is 11.5 Å². The number of rotatable bonds is 2. The van der Waals surface area contributed by atoms with Gasteiger partial charge in [0.2, 0.25) is 0 Å². The summed E-state index contributed by atoms with van der Waals surface area (Å²) in [5.74, 6) is 0.670. The maximum absolute atomic E-state index is 6.26. The van der Waals surface area contributed by atoms with Crippen molar-refractivity contribution in [1.29, 1.82) is 0 Å². The Labute approximate surface area is 105 Å². The molecule has 17 heavy (non-hydrogen) atoms. The molecule has 2 atom stereocenters. The lowest BCUT2D eigenvalue weighted by atomic mass is 9.76. The summed E-state index contributed by atoms with van der Waals surface area (Å²) in [6.07, 6.45) is 3.52. The van der Waals surface area contributed by atoms with Crippen LogP contribution in [0.15, 0.2) is 18.2 Å². The van der Waals surface area contributed by atoms with Gasteiger partial charge in [-0.15, -0.1) is 0 Å². The van der Waals surface area contributed by atoms with Gasteiger partial charge in [0, 0.05) is 6.04 Å². The van der Waals surface area contributed by atoms with Crippen LogP contribution in [0.1, 0.15) is 75.6 Å². The van der Waals surface area contributed by atoms with E-state index in [1.807, 2.05) is 0 Å². The molecule has 0 aromatic heterocycles. The van der Waals surface area contributed by atoms with Crippen LogP contribution in [0.25, 0.3) is 0 Å². The Morgan fingerprint density at radius 1 is 1.24 bits per heavy atom. The summed E-state index contributed by atoms with van der Waals surface area (Å²) in [6, 6.07) is 7.22. The van der Waals surface area contributed by atoms with Crippen LogP contribution in [0.2, 0.25) is 0 Å². The van der Waals surface area contributed by atoms with E-state index in [1.54, 1.807) is 0 Å². The number of hydrogen-bond acceptors (Lipinski definition) is 1. The summed E-state index contributed by atoms with van der Waals surface area (Å²) < 4.78 is 0. The van der Waals surface area contributed by atoms with Gasteiger partial charge < -0.3 is 5.73 Å². The molecule has 0 radical (unpaired) electrons. The normalized spacial score (nSPS) is 24.5. The highest BCUT2D eigenvalue weighted by atomic mass is 14.6. The third kappa shape index (κ3) is 2.26. The van der Waals surface area contributed by atoms with Crippen molar-refractivity contribution in [2.75, 3.05) is 0 Å². The van der Waals surface area contributed by atoms with Crippen LogP contribution in [0.3, 0.4) is 0 Å². The maximum Gasteiger partial charge on any atom is 0.0298 e. The molecule has 0 heterocycles. The second-order valence-corrected chi connectivity index (χ2v) is 6.17. The Hall–Kier alpha value is -0.820. The molecule has 1 unspecified atom stereocenters. The minimum Gasteiger partial charge on any atom is -0.324 e. The fourth-order valence-corrected chi connectivity index (χ4v) is 2.71. The summed E-state index contributed by atoms with van der Waals surface area (Å²) in [7, 11) is 0. The van der Waals surface area contributed by atoms with Crippen molar-refractivity contribution in [2.24, 2.45) is 5.73 Å². The predicted molar refractivity (Wildman–Crippen MR) is 74.3 cm³/mol. The Bertz CT molecular complexity index is 406. The molecule has 0 aliphatic heterocycles. The second kappa shape index (κ2) is 4.45. The highest BCUT2D eigenvalue weighted by molar-refractivity contribution is 5.40. The van der Waals surface area contributed by atoms with Gasteiger partial charge in [-0.3, -0.25) is 0 Å². The molecular formula is C16H25N. The Balaban J connectivity index is 2.46. The summed E-state index contributed by atoms with van der Waals surface area (Å²) in [6.45, 7) is 9.19. The molecule has 0 bridgehead atoms. The van der Waals surface area contributed by atoms with Crippen molar-refractivity contribution >= 4 is 0 Å². The fourth-order valence-electron chi connectivity index (χ4n) is 2.71. The number of hydrogen-bond donors (Lipinski definition) is 1. The van der Waals surface area contributed by atoms with Gasteiger partial charge in [-0.05, 0) is 47.3 Å². The summed E-state index contributed by atoms with van der Waals surface area (Å²) >= 11 is 0. The first-order valence-electron chi connectivity index (χ1n) is 6.85. The summed E-state index contributed by atoms with van der Waals surface area (Å²) in [5.41, 5.74) is 10.8. The lowest BCUT2D eigenvalue weighted by Gasteiger charge is -2.31. The average molecular weight is 231 g/mol. The summed E-state index contributed by atoms with van der Waals surface area (Å²) in [4.78, 5) is 0. The van der Waals surface area contributed by atoms with Crippen LogP contribution >= 0.6 is 0 Å². The number of benzene rings is 1. The third-order valence-corrected chi connectivity index (χ3v) is 4.59. The monoisotopic (exact) mass is 231 g/mol. The zero-order valence-corrected chi connectivity index (χ0v) is 11.6. The fraction of sp³-hybridized carbons (Fsp3) is 0.625. The molecule has 1 aromatic carbocycles. The van der Waals surface area contributed by atoms with Gasteiger partial charge in [-0.25, -0.2) is 0 Å². The predicted octanol–water partition coefficient (Wildman–Crippen LogP) is 4.27. The molecule has 2 rings (SSSR count). The van der Waals surface area contributed by atoms with E-state index in [0.717, 1.165) is 12.8 Å². The van der Waals surface area contributed by atoms with Crippen molar-refractivity contribution < 1.29 is 0 Å². The van der Waals surface area contributed by atoms with Gasteiger partial charge in [0.1, 0.15) is 0 Å². The van der Waals surface area contributed by atoms with E-state index in [2.05, 4.69) is 45.9 Å². The molecular weight excluding hydrogens is 206 g/mol. The smallest absolute Gasteiger partial charge is 0.0298 e. The van der Waals surface area contributed by atoms with Crippen molar-refractivity contribution in [2.45, 2.75) is 64.3 Å². The van der Waals surface area contributed by atoms with Crippen LogP contribution in [0.5, 0.6) is 0 Å². The van der Waals surface area contributed by atoms with E-state index in [4.69, 9.17) is 5.73 Å². The van der Waals surface area contributed by atoms with Crippen LogP contribution < -0.4 is 5.73 Å². The molecule has 0 amide bonds. The molecule has 2 N–H and O–H groups in total. The number of nitrogens with two attached hydrogens (primary N) is 1. The second-order valence-electron chi connectivity index (χ2n) is 6.17. The Kier molecular flexibility index (Phi) is 3.31. The van der Waals surface area contributed by atoms with Crippen LogP contribution in [0.4, 0.5) is 0 Å². The lowest BCUT2D eigenvalue weighted by molar-refractivity contribution is 0.491. The van der Waals surface area contributed by atoms with E-state index in [1.165, 1.54) is 23.1 Å². The molecule has 0 saturated heterocycles.